The van der Waals surface area contributed by atoms with Gasteiger partial charge in [0.15, 0.2) is 0 Å². The normalized spacial score (nSPS) is 13.8. The molecule has 0 aromatic heterocycles. The molecule has 1 N–H and O–H groups in total. The van der Waals surface area contributed by atoms with Gasteiger partial charge in [0.05, 0.1) is 12.2 Å². The van der Waals surface area contributed by atoms with E-state index in [4.69, 9.17) is 4.74 Å². The minimum Gasteiger partial charge on any atom is -0.508 e. The lowest BCUT2D eigenvalue weighted by Gasteiger charge is -2.27. The molecule has 0 bridgehead atoms. The molecule has 1 aliphatic heterocycles. The zero-order valence-corrected chi connectivity index (χ0v) is 17.9. The SMILES string of the molecule is Cc1cc(O)ccc1N(C(=O)OC(C)(C)C)C1=NCC(c2ccc(Br)cc2)=C1. The van der Waals surface area contributed by atoms with Gasteiger partial charge in [-0.3, -0.25) is 4.99 Å². The number of carbonyl (C=O) groups is 1. The molecule has 0 saturated carbocycles. The van der Waals surface area contributed by atoms with Crippen LogP contribution < -0.4 is 4.90 Å². The number of hydrogen-bond donors (Lipinski definition) is 1. The van der Waals surface area contributed by atoms with Crippen molar-refractivity contribution in [1.82, 2.24) is 0 Å². The number of carbonyl (C=O) groups excluding carboxylic acids is 1. The summed E-state index contributed by atoms with van der Waals surface area (Å²) in [6, 6.07) is 12.8. The largest absolute Gasteiger partial charge is 0.508 e. The van der Waals surface area contributed by atoms with E-state index in [9.17, 15) is 9.90 Å². The van der Waals surface area contributed by atoms with Gasteiger partial charge in [0.25, 0.3) is 0 Å². The van der Waals surface area contributed by atoms with Gasteiger partial charge in [-0.1, -0.05) is 28.1 Å². The highest BCUT2D eigenvalue weighted by Crippen LogP contribution is 2.29. The molecule has 5 nitrogen and oxygen atoms in total. The summed E-state index contributed by atoms with van der Waals surface area (Å²) in [7, 11) is 0. The molecule has 0 atom stereocenters. The number of halogens is 1. The third-order valence-corrected chi connectivity index (χ3v) is 4.68. The van der Waals surface area contributed by atoms with Gasteiger partial charge in [0.2, 0.25) is 0 Å². The molecule has 1 amide bonds. The summed E-state index contributed by atoms with van der Waals surface area (Å²) in [5.41, 5.74) is 2.80. The van der Waals surface area contributed by atoms with Crippen molar-refractivity contribution < 1.29 is 14.6 Å². The summed E-state index contributed by atoms with van der Waals surface area (Å²) < 4.78 is 6.62. The number of phenolic OH excluding ortho intramolecular Hbond substituents is 1. The molecule has 146 valence electrons. The van der Waals surface area contributed by atoms with E-state index in [1.54, 1.807) is 18.2 Å². The lowest BCUT2D eigenvalue weighted by atomic mass is 10.1. The van der Waals surface area contributed by atoms with Crippen LogP contribution in [0.15, 0.2) is 58.0 Å². The minimum absolute atomic E-state index is 0.143. The van der Waals surface area contributed by atoms with E-state index in [0.717, 1.165) is 21.2 Å². The molecule has 2 aromatic carbocycles. The Kier molecular flexibility index (Phi) is 5.61. The third-order valence-electron chi connectivity index (χ3n) is 4.16. The number of aliphatic imine (C=N–C) groups is 1. The van der Waals surface area contributed by atoms with Gasteiger partial charge in [0, 0.05) is 4.47 Å². The topological polar surface area (TPSA) is 62.1 Å². The maximum absolute atomic E-state index is 13.0. The van der Waals surface area contributed by atoms with Crippen LogP contribution in [0.25, 0.3) is 5.57 Å². The van der Waals surface area contributed by atoms with Crippen LogP contribution >= 0.6 is 15.9 Å². The molecule has 0 aliphatic carbocycles. The summed E-state index contributed by atoms with van der Waals surface area (Å²) in [4.78, 5) is 19.0. The maximum atomic E-state index is 13.0. The summed E-state index contributed by atoms with van der Waals surface area (Å²) in [6.07, 6.45) is 1.40. The summed E-state index contributed by atoms with van der Waals surface area (Å²) in [5.74, 6) is 0.658. The van der Waals surface area contributed by atoms with Crippen molar-refractivity contribution in [2.24, 2.45) is 4.99 Å². The van der Waals surface area contributed by atoms with Crippen LogP contribution in [0, 0.1) is 6.92 Å². The number of aromatic hydroxyl groups is 1. The molecular weight excluding hydrogens is 420 g/mol. The van der Waals surface area contributed by atoms with Crippen LogP contribution in [0.5, 0.6) is 5.75 Å². The highest BCUT2D eigenvalue weighted by Gasteiger charge is 2.29. The van der Waals surface area contributed by atoms with Crippen molar-refractivity contribution in [1.29, 1.82) is 0 Å². The van der Waals surface area contributed by atoms with E-state index in [1.807, 2.05) is 58.0 Å². The van der Waals surface area contributed by atoms with Crippen LogP contribution in [-0.4, -0.2) is 29.2 Å². The second-order valence-corrected chi connectivity index (χ2v) is 8.55. The Balaban J connectivity index is 1.99. The van der Waals surface area contributed by atoms with Crippen LogP contribution in [-0.2, 0) is 4.74 Å². The third kappa shape index (κ3) is 4.62. The van der Waals surface area contributed by atoms with E-state index in [2.05, 4.69) is 20.9 Å². The minimum atomic E-state index is -0.641. The summed E-state index contributed by atoms with van der Waals surface area (Å²) >= 11 is 3.44. The van der Waals surface area contributed by atoms with Crippen molar-refractivity contribution in [3.8, 4) is 5.75 Å². The average molecular weight is 443 g/mol. The number of amidine groups is 1. The molecule has 6 heteroatoms. The molecule has 0 radical (unpaired) electrons. The number of amides is 1. The molecule has 28 heavy (non-hydrogen) atoms. The standard InChI is InChI=1S/C22H23BrN2O3/c1-14-11-18(26)9-10-19(14)25(21(27)28-22(2,3)4)20-12-16(13-24-20)15-5-7-17(23)8-6-15/h5-12,26H,13H2,1-4H3. The lowest BCUT2D eigenvalue weighted by molar-refractivity contribution is 0.0604. The number of benzene rings is 2. The van der Waals surface area contributed by atoms with Crippen molar-refractivity contribution in [2.75, 3.05) is 11.4 Å². The first-order valence-corrected chi connectivity index (χ1v) is 9.77. The maximum Gasteiger partial charge on any atom is 0.420 e. The highest BCUT2D eigenvalue weighted by atomic mass is 79.9. The fraction of sp³-hybridized carbons (Fsp3) is 0.273. The number of hydrogen-bond acceptors (Lipinski definition) is 4. The van der Waals surface area contributed by atoms with Gasteiger partial charge < -0.3 is 9.84 Å². The Labute approximate surface area is 173 Å². The van der Waals surface area contributed by atoms with Crippen LogP contribution in [0.4, 0.5) is 10.5 Å². The second-order valence-electron chi connectivity index (χ2n) is 7.64. The van der Waals surface area contributed by atoms with Gasteiger partial charge in [-0.05, 0) is 80.8 Å². The quantitative estimate of drug-likeness (QED) is 0.648. The van der Waals surface area contributed by atoms with Crippen molar-refractivity contribution >= 4 is 39.1 Å². The Hall–Kier alpha value is -2.60. The van der Waals surface area contributed by atoms with Crippen molar-refractivity contribution in [3.63, 3.8) is 0 Å². The molecule has 3 rings (SSSR count). The zero-order chi connectivity index (χ0) is 20.5. The summed E-state index contributed by atoms with van der Waals surface area (Å²) in [5, 5.41) is 9.74. The predicted molar refractivity (Wildman–Crippen MR) is 116 cm³/mol. The fourth-order valence-corrected chi connectivity index (χ4v) is 3.16. The molecule has 0 spiro atoms. The first-order chi connectivity index (χ1) is 13.1. The van der Waals surface area contributed by atoms with Gasteiger partial charge >= 0.3 is 6.09 Å². The molecule has 0 saturated heterocycles. The van der Waals surface area contributed by atoms with Gasteiger partial charge in [-0.15, -0.1) is 0 Å². The van der Waals surface area contributed by atoms with E-state index in [1.165, 1.54) is 4.90 Å². The number of phenols is 1. The van der Waals surface area contributed by atoms with E-state index in [0.29, 0.717) is 18.1 Å². The van der Waals surface area contributed by atoms with Crippen LogP contribution in [0.2, 0.25) is 0 Å². The monoisotopic (exact) mass is 442 g/mol. The predicted octanol–water partition coefficient (Wildman–Crippen LogP) is 5.70. The highest BCUT2D eigenvalue weighted by molar-refractivity contribution is 9.10. The molecule has 1 heterocycles. The smallest absolute Gasteiger partial charge is 0.420 e. The number of rotatable bonds is 2. The van der Waals surface area contributed by atoms with E-state index >= 15 is 0 Å². The van der Waals surface area contributed by atoms with Gasteiger partial charge in [-0.25, -0.2) is 9.69 Å². The van der Waals surface area contributed by atoms with Gasteiger partial charge in [0.1, 0.15) is 17.2 Å². The molecule has 1 aliphatic rings. The number of anilines is 1. The first kappa shape index (κ1) is 20.1. The van der Waals surface area contributed by atoms with E-state index < -0.39 is 11.7 Å². The molecular formula is C22H23BrN2O3. The number of aryl methyl sites for hydroxylation is 1. The Morgan fingerprint density at radius 2 is 1.86 bits per heavy atom. The Morgan fingerprint density at radius 1 is 1.18 bits per heavy atom. The zero-order valence-electron chi connectivity index (χ0n) is 16.4. The second kappa shape index (κ2) is 7.80. The summed E-state index contributed by atoms with van der Waals surface area (Å²) in [6.45, 7) is 7.79. The van der Waals surface area contributed by atoms with Crippen LogP contribution in [0.1, 0.15) is 31.9 Å². The Morgan fingerprint density at radius 3 is 2.46 bits per heavy atom. The van der Waals surface area contributed by atoms with E-state index in [-0.39, 0.29) is 5.75 Å². The first-order valence-electron chi connectivity index (χ1n) is 8.98. The molecule has 2 aromatic rings. The van der Waals surface area contributed by atoms with Crippen LogP contribution in [0.3, 0.4) is 0 Å². The van der Waals surface area contributed by atoms with Crippen molar-refractivity contribution in [3.05, 3.63) is 64.1 Å². The fourth-order valence-electron chi connectivity index (χ4n) is 2.90. The molecule has 0 fully saturated rings. The average Bonchev–Trinajstić information content (AvgIpc) is 3.06. The molecule has 0 unspecified atom stereocenters. The lowest BCUT2D eigenvalue weighted by Crippen LogP contribution is -2.40. The number of ether oxygens (including phenoxy) is 1. The van der Waals surface area contributed by atoms with Gasteiger partial charge in [-0.2, -0.15) is 0 Å². The van der Waals surface area contributed by atoms with Crippen molar-refractivity contribution in [2.45, 2.75) is 33.3 Å². The number of nitrogens with zero attached hydrogens (tertiary/aromatic N) is 2. The Bertz CT molecular complexity index is 957.